The van der Waals surface area contributed by atoms with Crippen molar-refractivity contribution in [3.63, 3.8) is 0 Å². The molecular weight excluding hydrogens is 342 g/mol. The topological polar surface area (TPSA) is 27.6 Å². The quantitative estimate of drug-likeness (QED) is 0.826. The number of aliphatic imine (C=N–C) groups is 1. The Bertz CT molecular complexity index is 759. The molecule has 2 atom stereocenters. The monoisotopic (exact) mass is 359 g/mol. The number of thiocarbonyl (C=S) groups is 1. The van der Waals surface area contributed by atoms with E-state index in [2.05, 4.69) is 58.4 Å². The second-order valence-corrected chi connectivity index (χ2v) is 8.27. The molecule has 4 rings (SSSR count). The van der Waals surface area contributed by atoms with Crippen LogP contribution in [0, 0.1) is 5.92 Å². The second kappa shape index (κ2) is 6.28. The molecule has 0 bridgehead atoms. The molecule has 2 aliphatic heterocycles. The van der Waals surface area contributed by atoms with E-state index in [1.807, 2.05) is 0 Å². The van der Waals surface area contributed by atoms with Gasteiger partial charge in [0.1, 0.15) is 0 Å². The standard InChI is InChI=1S/C17H17N3S3/c1-20-9-11(8-12-4-2-6-22-12)15-13(10-20)16(19-17(21)18-15)14-5-3-7-23-14/h2-8,13,16H,9-10H2,1H3,(H,19,21)/b11-8-. The number of nitrogens with one attached hydrogen (secondary N) is 1. The average molecular weight is 360 g/mol. The van der Waals surface area contributed by atoms with Gasteiger partial charge in [0.15, 0.2) is 5.11 Å². The molecule has 0 spiro atoms. The Morgan fingerprint density at radius 1 is 1.30 bits per heavy atom. The first kappa shape index (κ1) is 15.2. The van der Waals surface area contributed by atoms with E-state index in [9.17, 15) is 0 Å². The largest absolute Gasteiger partial charge is 0.353 e. The van der Waals surface area contributed by atoms with Crippen molar-refractivity contribution in [3.8, 4) is 0 Å². The van der Waals surface area contributed by atoms with Gasteiger partial charge in [-0.25, -0.2) is 4.99 Å². The van der Waals surface area contributed by atoms with E-state index in [-0.39, 0.29) is 6.04 Å². The Morgan fingerprint density at radius 3 is 2.87 bits per heavy atom. The van der Waals surface area contributed by atoms with Crippen LogP contribution in [0.4, 0.5) is 0 Å². The van der Waals surface area contributed by atoms with E-state index in [0.29, 0.717) is 11.0 Å². The fourth-order valence-corrected chi connectivity index (χ4v) is 5.04. The van der Waals surface area contributed by atoms with Gasteiger partial charge in [0, 0.05) is 28.8 Å². The highest BCUT2D eigenvalue weighted by atomic mass is 32.1. The van der Waals surface area contributed by atoms with Crippen molar-refractivity contribution >= 4 is 51.8 Å². The minimum atomic E-state index is 0.226. The smallest absolute Gasteiger partial charge is 0.193 e. The van der Waals surface area contributed by atoms with Gasteiger partial charge in [-0.15, -0.1) is 22.7 Å². The van der Waals surface area contributed by atoms with Crippen molar-refractivity contribution in [2.45, 2.75) is 6.04 Å². The number of nitrogens with zero attached hydrogens (tertiary/aromatic N) is 2. The third-order valence-corrected chi connectivity index (χ3v) is 6.23. The average Bonchev–Trinajstić information content (AvgIpc) is 3.20. The fourth-order valence-electron chi connectivity index (χ4n) is 3.29. The summed E-state index contributed by atoms with van der Waals surface area (Å²) in [6.07, 6.45) is 2.27. The Labute approximate surface area is 149 Å². The van der Waals surface area contributed by atoms with Gasteiger partial charge in [0.25, 0.3) is 0 Å². The molecule has 0 radical (unpaired) electrons. The molecule has 118 valence electrons. The molecule has 1 N–H and O–H groups in total. The Morgan fingerprint density at radius 2 is 2.13 bits per heavy atom. The van der Waals surface area contributed by atoms with Crippen LogP contribution in [-0.2, 0) is 0 Å². The molecule has 3 nitrogen and oxygen atoms in total. The summed E-state index contributed by atoms with van der Waals surface area (Å²) >= 11 is 8.97. The molecule has 0 aromatic carbocycles. The van der Waals surface area contributed by atoms with E-state index in [1.165, 1.54) is 21.0 Å². The van der Waals surface area contributed by atoms with Crippen LogP contribution in [0.25, 0.3) is 6.08 Å². The van der Waals surface area contributed by atoms with E-state index in [0.717, 1.165) is 13.1 Å². The van der Waals surface area contributed by atoms with Crippen LogP contribution in [0.3, 0.4) is 0 Å². The number of fused-ring (bicyclic) bond motifs is 1. The van der Waals surface area contributed by atoms with E-state index < -0.39 is 0 Å². The predicted octanol–water partition coefficient (Wildman–Crippen LogP) is 3.83. The maximum absolute atomic E-state index is 5.42. The van der Waals surface area contributed by atoms with Crippen molar-refractivity contribution in [1.82, 2.24) is 10.2 Å². The molecule has 4 heterocycles. The summed E-state index contributed by atoms with van der Waals surface area (Å²) in [5.41, 5.74) is 2.45. The summed E-state index contributed by atoms with van der Waals surface area (Å²) < 4.78 is 0. The molecular formula is C17H17N3S3. The predicted molar refractivity (Wildman–Crippen MR) is 104 cm³/mol. The number of likely N-dealkylation sites (N-methyl/N-ethyl adjacent to an activating group) is 1. The molecule has 23 heavy (non-hydrogen) atoms. The number of rotatable bonds is 2. The van der Waals surface area contributed by atoms with Crippen LogP contribution < -0.4 is 5.32 Å². The molecule has 2 aromatic heterocycles. The van der Waals surface area contributed by atoms with Crippen molar-refractivity contribution in [2.24, 2.45) is 10.9 Å². The molecule has 0 amide bonds. The molecule has 1 fully saturated rings. The Kier molecular flexibility index (Phi) is 4.15. The van der Waals surface area contributed by atoms with Crippen LogP contribution in [-0.4, -0.2) is 35.9 Å². The van der Waals surface area contributed by atoms with Crippen LogP contribution in [0.15, 0.2) is 45.6 Å². The first-order valence-corrected chi connectivity index (χ1v) is 9.73. The zero-order valence-electron chi connectivity index (χ0n) is 12.7. The third kappa shape index (κ3) is 3.04. The minimum Gasteiger partial charge on any atom is -0.353 e. The van der Waals surface area contributed by atoms with Gasteiger partial charge >= 0.3 is 0 Å². The number of likely N-dealkylation sites (tertiary alicyclic amines) is 1. The van der Waals surface area contributed by atoms with Gasteiger partial charge in [-0.05, 0) is 53.8 Å². The summed E-state index contributed by atoms with van der Waals surface area (Å²) in [5, 5.41) is 8.26. The molecule has 2 aromatic rings. The van der Waals surface area contributed by atoms with E-state index >= 15 is 0 Å². The van der Waals surface area contributed by atoms with Gasteiger partial charge in [-0.1, -0.05) is 12.1 Å². The molecule has 0 saturated carbocycles. The Balaban J connectivity index is 1.75. The molecule has 1 saturated heterocycles. The molecule has 0 aliphatic carbocycles. The van der Waals surface area contributed by atoms with E-state index in [4.69, 9.17) is 17.2 Å². The normalized spacial score (nSPS) is 26.7. The summed E-state index contributed by atoms with van der Waals surface area (Å²) in [6.45, 7) is 1.92. The lowest BCUT2D eigenvalue weighted by Crippen LogP contribution is -2.50. The van der Waals surface area contributed by atoms with Gasteiger partial charge in [-0.3, -0.25) is 0 Å². The molecule has 2 aliphatic rings. The molecule has 2 unspecified atom stereocenters. The fraction of sp³-hybridized carbons (Fsp3) is 0.294. The highest BCUT2D eigenvalue weighted by Crippen LogP contribution is 2.35. The van der Waals surface area contributed by atoms with Crippen molar-refractivity contribution in [3.05, 3.63) is 50.4 Å². The van der Waals surface area contributed by atoms with Crippen LogP contribution in [0.5, 0.6) is 0 Å². The number of piperidine rings is 1. The Hall–Kier alpha value is -1.34. The number of hydrogen-bond acceptors (Lipinski definition) is 4. The van der Waals surface area contributed by atoms with Gasteiger partial charge in [0.2, 0.25) is 0 Å². The van der Waals surface area contributed by atoms with E-state index in [1.54, 1.807) is 22.7 Å². The second-order valence-electron chi connectivity index (χ2n) is 5.93. The number of thiophene rings is 2. The minimum absolute atomic E-state index is 0.226. The maximum Gasteiger partial charge on any atom is 0.193 e. The molecule has 6 heteroatoms. The van der Waals surface area contributed by atoms with Crippen LogP contribution in [0.2, 0.25) is 0 Å². The summed E-state index contributed by atoms with van der Waals surface area (Å²) in [5.74, 6) is 0.338. The SMILES string of the molecule is CN1C/C(=C/c2cccs2)C2=NC(=S)NC(c3cccs3)C2C1. The zero-order valence-corrected chi connectivity index (χ0v) is 15.2. The first-order valence-electron chi connectivity index (χ1n) is 7.56. The van der Waals surface area contributed by atoms with Crippen LogP contribution in [0.1, 0.15) is 15.8 Å². The van der Waals surface area contributed by atoms with Crippen molar-refractivity contribution < 1.29 is 0 Å². The van der Waals surface area contributed by atoms with Crippen LogP contribution >= 0.6 is 34.9 Å². The summed E-state index contributed by atoms with van der Waals surface area (Å²) in [4.78, 5) is 9.69. The first-order chi connectivity index (χ1) is 11.2. The summed E-state index contributed by atoms with van der Waals surface area (Å²) in [7, 11) is 2.18. The van der Waals surface area contributed by atoms with Gasteiger partial charge in [0.05, 0.1) is 11.8 Å². The van der Waals surface area contributed by atoms with Crippen molar-refractivity contribution in [2.75, 3.05) is 20.1 Å². The lowest BCUT2D eigenvalue weighted by atomic mass is 9.83. The highest BCUT2D eigenvalue weighted by Gasteiger charge is 2.38. The van der Waals surface area contributed by atoms with Gasteiger partial charge in [-0.2, -0.15) is 0 Å². The van der Waals surface area contributed by atoms with Gasteiger partial charge < -0.3 is 10.2 Å². The lowest BCUT2D eigenvalue weighted by Gasteiger charge is -2.40. The number of hydrogen-bond donors (Lipinski definition) is 1. The third-order valence-electron chi connectivity index (χ3n) is 4.24. The lowest BCUT2D eigenvalue weighted by molar-refractivity contribution is 0.288. The zero-order chi connectivity index (χ0) is 15.8. The van der Waals surface area contributed by atoms with Crippen molar-refractivity contribution in [1.29, 1.82) is 0 Å². The summed E-state index contributed by atoms with van der Waals surface area (Å²) in [6, 6.07) is 8.75. The maximum atomic E-state index is 5.42. The highest BCUT2D eigenvalue weighted by molar-refractivity contribution is 7.80.